The molecule has 162 valence electrons. The Labute approximate surface area is 192 Å². The van der Waals surface area contributed by atoms with E-state index in [1.807, 2.05) is 36.4 Å². The number of carbonyl (C=O) groups excluding carboxylic acids is 1. The summed E-state index contributed by atoms with van der Waals surface area (Å²) < 4.78 is 26.0. The standard InChI is InChI=1S/C23H23ClN2O3S2/c1-31(28,29)26(17-19-7-5-6-10-22(19)24)20-13-11-18(12-14-20)23(27)25-15-16-30-21-8-3-2-4-9-21/h2-14H,15-17H2,1H3,(H,25,27). The van der Waals surface area contributed by atoms with Gasteiger partial charge in [-0.1, -0.05) is 48.0 Å². The molecule has 0 aliphatic heterocycles. The fourth-order valence-electron chi connectivity index (χ4n) is 2.91. The molecule has 0 atom stereocenters. The average Bonchev–Trinajstić information content (AvgIpc) is 2.76. The smallest absolute Gasteiger partial charge is 0.251 e. The van der Waals surface area contributed by atoms with E-state index in [0.29, 0.717) is 28.4 Å². The Hall–Kier alpha value is -2.48. The zero-order valence-electron chi connectivity index (χ0n) is 17.0. The van der Waals surface area contributed by atoms with Crippen molar-refractivity contribution in [2.24, 2.45) is 0 Å². The van der Waals surface area contributed by atoms with Crippen molar-refractivity contribution in [2.75, 3.05) is 22.9 Å². The van der Waals surface area contributed by atoms with E-state index < -0.39 is 10.0 Å². The Morgan fingerprint density at radius 1 is 0.968 bits per heavy atom. The zero-order chi connectivity index (χ0) is 22.3. The molecular weight excluding hydrogens is 452 g/mol. The van der Waals surface area contributed by atoms with Gasteiger partial charge in [0, 0.05) is 27.8 Å². The number of hydrogen-bond donors (Lipinski definition) is 1. The molecule has 8 heteroatoms. The molecule has 31 heavy (non-hydrogen) atoms. The van der Waals surface area contributed by atoms with Crippen LogP contribution in [0.1, 0.15) is 15.9 Å². The molecule has 0 saturated heterocycles. The van der Waals surface area contributed by atoms with Gasteiger partial charge in [-0.2, -0.15) is 0 Å². The minimum atomic E-state index is -3.54. The number of thioether (sulfide) groups is 1. The molecule has 1 N–H and O–H groups in total. The van der Waals surface area contributed by atoms with Gasteiger partial charge in [-0.3, -0.25) is 9.10 Å². The van der Waals surface area contributed by atoms with Crippen LogP contribution in [-0.4, -0.2) is 32.9 Å². The number of hydrogen-bond acceptors (Lipinski definition) is 4. The van der Waals surface area contributed by atoms with Gasteiger partial charge in [-0.25, -0.2) is 8.42 Å². The molecule has 0 bridgehead atoms. The van der Waals surface area contributed by atoms with Crippen LogP contribution in [0.5, 0.6) is 0 Å². The number of sulfonamides is 1. The molecular formula is C23H23ClN2O3S2. The van der Waals surface area contributed by atoms with Gasteiger partial charge in [-0.05, 0) is 48.0 Å². The molecule has 5 nitrogen and oxygen atoms in total. The highest BCUT2D eigenvalue weighted by Crippen LogP contribution is 2.24. The fourth-order valence-corrected chi connectivity index (χ4v) is 4.78. The van der Waals surface area contributed by atoms with E-state index in [-0.39, 0.29) is 12.5 Å². The van der Waals surface area contributed by atoms with Crippen LogP contribution >= 0.6 is 23.4 Å². The number of carbonyl (C=O) groups is 1. The number of halogens is 1. The first-order chi connectivity index (χ1) is 14.8. The molecule has 0 unspecified atom stereocenters. The lowest BCUT2D eigenvalue weighted by molar-refractivity contribution is 0.0956. The molecule has 3 aromatic rings. The summed E-state index contributed by atoms with van der Waals surface area (Å²) in [5, 5.41) is 3.39. The van der Waals surface area contributed by atoms with Gasteiger partial charge in [0.1, 0.15) is 0 Å². The highest BCUT2D eigenvalue weighted by molar-refractivity contribution is 7.99. The summed E-state index contributed by atoms with van der Waals surface area (Å²) in [4.78, 5) is 13.6. The van der Waals surface area contributed by atoms with Crippen LogP contribution in [0.25, 0.3) is 0 Å². The number of rotatable bonds is 9. The van der Waals surface area contributed by atoms with Crippen LogP contribution < -0.4 is 9.62 Å². The predicted molar refractivity (Wildman–Crippen MR) is 128 cm³/mol. The minimum Gasteiger partial charge on any atom is -0.351 e. The Balaban J connectivity index is 1.62. The van der Waals surface area contributed by atoms with E-state index in [9.17, 15) is 13.2 Å². The van der Waals surface area contributed by atoms with Crippen molar-refractivity contribution in [3.8, 4) is 0 Å². The molecule has 0 aliphatic rings. The number of nitrogens with zero attached hydrogens (tertiary/aromatic N) is 1. The summed E-state index contributed by atoms with van der Waals surface area (Å²) in [7, 11) is -3.54. The summed E-state index contributed by atoms with van der Waals surface area (Å²) in [6.45, 7) is 0.642. The predicted octanol–water partition coefficient (Wildman–Crippen LogP) is 4.83. The average molecular weight is 475 g/mol. The van der Waals surface area contributed by atoms with E-state index in [4.69, 9.17) is 11.6 Å². The van der Waals surface area contributed by atoms with E-state index >= 15 is 0 Å². The molecule has 0 heterocycles. The van der Waals surface area contributed by atoms with Gasteiger partial charge >= 0.3 is 0 Å². The molecule has 0 radical (unpaired) electrons. The van der Waals surface area contributed by atoms with Crippen LogP contribution in [0.15, 0.2) is 83.8 Å². The van der Waals surface area contributed by atoms with Gasteiger partial charge in [0.15, 0.2) is 0 Å². The Bertz CT molecular complexity index is 1120. The first-order valence-corrected chi connectivity index (χ1v) is 12.8. The van der Waals surface area contributed by atoms with Gasteiger partial charge < -0.3 is 5.32 Å². The fraction of sp³-hybridized carbons (Fsp3) is 0.174. The molecule has 0 saturated carbocycles. The number of nitrogens with one attached hydrogen (secondary N) is 1. The van der Waals surface area contributed by atoms with Gasteiger partial charge in [0.25, 0.3) is 5.91 Å². The van der Waals surface area contributed by atoms with Crippen molar-refractivity contribution in [1.82, 2.24) is 5.32 Å². The lowest BCUT2D eigenvalue weighted by Gasteiger charge is -2.23. The second-order valence-electron chi connectivity index (χ2n) is 6.83. The van der Waals surface area contributed by atoms with Crippen molar-refractivity contribution in [3.05, 3.63) is 95.0 Å². The topological polar surface area (TPSA) is 66.5 Å². The lowest BCUT2D eigenvalue weighted by Crippen LogP contribution is -2.29. The molecule has 0 fully saturated rings. The summed E-state index contributed by atoms with van der Waals surface area (Å²) in [5.41, 5.74) is 1.64. The van der Waals surface area contributed by atoms with Crippen LogP contribution in [0.4, 0.5) is 5.69 Å². The van der Waals surface area contributed by atoms with Crippen molar-refractivity contribution in [3.63, 3.8) is 0 Å². The molecule has 0 aliphatic carbocycles. The first kappa shape index (κ1) is 23.2. The monoisotopic (exact) mass is 474 g/mol. The van der Waals surface area contributed by atoms with E-state index in [0.717, 1.165) is 16.9 Å². The van der Waals surface area contributed by atoms with Crippen LogP contribution in [-0.2, 0) is 16.6 Å². The van der Waals surface area contributed by atoms with E-state index in [1.165, 1.54) is 4.31 Å². The molecule has 1 amide bonds. The zero-order valence-corrected chi connectivity index (χ0v) is 19.4. The second-order valence-corrected chi connectivity index (χ2v) is 10.3. The third-order valence-electron chi connectivity index (χ3n) is 4.49. The van der Waals surface area contributed by atoms with Crippen molar-refractivity contribution in [2.45, 2.75) is 11.4 Å². The number of amides is 1. The van der Waals surface area contributed by atoms with Gasteiger partial charge in [0.2, 0.25) is 10.0 Å². The summed E-state index contributed by atoms with van der Waals surface area (Å²) in [5.74, 6) is 0.560. The quantitative estimate of drug-likeness (QED) is 0.356. The van der Waals surface area contributed by atoms with Crippen molar-refractivity contribution < 1.29 is 13.2 Å². The van der Waals surface area contributed by atoms with Crippen LogP contribution in [0.2, 0.25) is 5.02 Å². The number of benzene rings is 3. The molecule has 3 rings (SSSR count). The SMILES string of the molecule is CS(=O)(=O)N(Cc1ccccc1Cl)c1ccc(C(=O)NCCSc2ccccc2)cc1. The maximum Gasteiger partial charge on any atom is 0.251 e. The maximum atomic E-state index is 12.4. The molecule has 0 aromatic heterocycles. The molecule has 3 aromatic carbocycles. The van der Waals surface area contributed by atoms with Crippen molar-refractivity contribution in [1.29, 1.82) is 0 Å². The van der Waals surface area contributed by atoms with Crippen molar-refractivity contribution >= 4 is 45.0 Å². The third-order valence-corrected chi connectivity index (χ3v) is 7.01. The second kappa shape index (κ2) is 10.7. The Kier molecular flexibility index (Phi) is 8.01. The van der Waals surface area contributed by atoms with Gasteiger partial charge in [0.05, 0.1) is 18.5 Å². The molecule has 0 spiro atoms. The van der Waals surface area contributed by atoms with E-state index in [2.05, 4.69) is 5.32 Å². The van der Waals surface area contributed by atoms with Crippen LogP contribution in [0, 0.1) is 0 Å². The van der Waals surface area contributed by atoms with E-state index in [1.54, 1.807) is 54.2 Å². The largest absolute Gasteiger partial charge is 0.351 e. The first-order valence-electron chi connectivity index (χ1n) is 9.62. The minimum absolute atomic E-state index is 0.112. The number of anilines is 1. The summed E-state index contributed by atoms with van der Waals surface area (Å²) in [6, 6.07) is 23.6. The lowest BCUT2D eigenvalue weighted by atomic mass is 10.1. The highest BCUT2D eigenvalue weighted by atomic mass is 35.5. The maximum absolute atomic E-state index is 12.4. The van der Waals surface area contributed by atoms with Gasteiger partial charge in [-0.15, -0.1) is 11.8 Å². The highest BCUT2D eigenvalue weighted by Gasteiger charge is 2.19. The summed E-state index contributed by atoms with van der Waals surface area (Å²) >= 11 is 7.87. The normalized spacial score (nSPS) is 11.2. The van der Waals surface area contributed by atoms with Crippen LogP contribution in [0.3, 0.4) is 0 Å². The Morgan fingerprint density at radius 2 is 1.61 bits per heavy atom. The summed E-state index contributed by atoms with van der Waals surface area (Å²) in [6.07, 6.45) is 1.15. The third kappa shape index (κ3) is 6.75. The Morgan fingerprint density at radius 3 is 2.26 bits per heavy atom.